The van der Waals surface area contributed by atoms with Crippen LogP contribution in [-0.2, 0) is 34.1 Å². The number of rotatable bonds is 2. The Hall–Kier alpha value is -3.98. The lowest BCUT2D eigenvalue weighted by Gasteiger charge is -2.22. The summed E-state index contributed by atoms with van der Waals surface area (Å²) in [6, 6.07) is 7.73. The number of hydrogen-bond acceptors (Lipinski definition) is 7. The first-order valence-corrected chi connectivity index (χ1v) is 14.7. The number of carbonyl (C=O) groups is 2. The fraction of sp³-hybridized carbons (Fsp3) is 0.407. The minimum atomic E-state index is -4.72. The maximum absolute atomic E-state index is 13.5. The van der Waals surface area contributed by atoms with E-state index in [1.54, 1.807) is 24.4 Å². The van der Waals surface area contributed by atoms with E-state index in [1.807, 2.05) is 6.92 Å². The summed E-state index contributed by atoms with van der Waals surface area (Å²) in [5, 5.41) is 13.4. The van der Waals surface area contributed by atoms with E-state index in [0.29, 0.717) is 24.8 Å². The number of carbonyl (C=O) groups excluding carboxylic acids is 2. The van der Waals surface area contributed by atoms with Crippen LogP contribution in [0.25, 0.3) is 0 Å². The van der Waals surface area contributed by atoms with Crippen LogP contribution in [0, 0.1) is 6.92 Å². The Kier molecular flexibility index (Phi) is 9.51. The van der Waals surface area contributed by atoms with Crippen molar-refractivity contribution in [3.8, 4) is 5.75 Å². The molecule has 1 atom stereocenters. The van der Waals surface area contributed by atoms with E-state index in [4.69, 9.17) is 4.74 Å². The number of aryl methyl sites for hydroxylation is 2. The minimum absolute atomic E-state index is 0.0409. The molecule has 1 aliphatic heterocycles. The summed E-state index contributed by atoms with van der Waals surface area (Å²) in [7, 11) is -4.39. The average molecular weight is 609 g/mol. The van der Waals surface area contributed by atoms with Gasteiger partial charge in [0.25, 0.3) is 5.91 Å². The number of nitrogens with zero attached hydrogens (tertiary/aromatic N) is 4. The van der Waals surface area contributed by atoms with Crippen LogP contribution < -0.4 is 15.4 Å². The van der Waals surface area contributed by atoms with Crippen molar-refractivity contribution in [2.75, 3.05) is 19.7 Å². The zero-order chi connectivity index (χ0) is 30.5. The second-order valence-electron chi connectivity index (χ2n) is 9.88. The van der Waals surface area contributed by atoms with E-state index >= 15 is 0 Å². The number of sulfonamides is 1. The van der Waals surface area contributed by atoms with Crippen molar-refractivity contribution < 1.29 is 35.9 Å². The molecule has 0 fully saturated rings. The second-order valence-corrected chi connectivity index (χ2v) is 11.8. The van der Waals surface area contributed by atoms with Gasteiger partial charge in [0, 0.05) is 32.3 Å². The van der Waals surface area contributed by atoms with Gasteiger partial charge in [0.15, 0.2) is 0 Å². The largest absolute Gasteiger partial charge is 0.493 e. The lowest BCUT2D eigenvalue weighted by atomic mass is 10.1. The molecule has 1 aromatic heterocycles. The third-order valence-corrected chi connectivity index (χ3v) is 8.36. The lowest BCUT2D eigenvalue weighted by molar-refractivity contribution is -0.137. The molecule has 2 amide bonds. The van der Waals surface area contributed by atoms with Gasteiger partial charge in [0.2, 0.25) is 15.9 Å². The highest BCUT2D eigenvalue weighted by molar-refractivity contribution is 7.89. The number of nitrogens with one attached hydrogen (secondary N) is 2. The predicted octanol–water partition coefficient (Wildman–Crippen LogP) is 2.90. The van der Waals surface area contributed by atoms with Crippen LogP contribution in [-0.4, -0.2) is 65.3 Å². The number of ether oxygens (including phenoxy) is 1. The van der Waals surface area contributed by atoms with E-state index < -0.39 is 44.5 Å². The Bertz CT molecular complexity index is 1540. The van der Waals surface area contributed by atoms with E-state index in [9.17, 15) is 31.2 Å². The normalized spacial score (nSPS) is 18.5. The number of benzene rings is 2. The molecule has 15 heteroatoms. The van der Waals surface area contributed by atoms with E-state index in [0.717, 1.165) is 28.1 Å². The number of fused-ring (bicyclic) bond motifs is 3. The quantitative estimate of drug-likeness (QED) is 0.457. The zero-order valence-electron chi connectivity index (χ0n) is 23.0. The third-order valence-electron chi connectivity index (χ3n) is 6.52. The first kappa shape index (κ1) is 31.0. The van der Waals surface area contributed by atoms with Crippen LogP contribution >= 0.6 is 0 Å². The first-order chi connectivity index (χ1) is 19.8. The molecular weight excluding hydrogens is 577 g/mol. The Balaban J connectivity index is 1.58. The van der Waals surface area contributed by atoms with Gasteiger partial charge >= 0.3 is 6.18 Å². The maximum Gasteiger partial charge on any atom is 0.416 e. The summed E-state index contributed by atoms with van der Waals surface area (Å²) in [4.78, 5) is 25.1. The summed E-state index contributed by atoms with van der Waals surface area (Å²) in [5.41, 5.74) is 0.361. The van der Waals surface area contributed by atoms with Crippen molar-refractivity contribution in [1.29, 1.82) is 0 Å². The summed E-state index contributed by atoms with van der Waals surface area (Å²) in [6.45, 7) is 3.63. The highest BCUT2D eigenvalue weighted by atomic mass is 32.2. The third kappa shape index (κ3) is 7.64. The molecule has 42 heavy (non-hydrogen) atoms. The molecule has 226 valence electrons. The molecule has 0 unspecified atom stereocenters. The molecule has 11 nitrogen and oxygen atoms in total. The van der Waals surface area contributed by atoms with Gasteiger partial charge in [-0.25, -0.2) is 8.42 Å². The summed E-state index contributed by atoms with van der Waals surface area (Å²) < 4.78 is 75.2. The summed E-state index contributed by atoms with van der Waals surface area (Å²) in [6.07, 6.45) is -2.56. The van der Waals surface area contributed by atoms with Crippen LogP contribution in [0.15, 0.2) is 53.6 Å². The van der Waals surface area contributed by atoms with Gasteiger partial charge in [-0.05, 0) is 56.2 Å². The van der Waals surface area contributed by atoms with Gasteiger partial charge in [0.1, 0.15) is 11.8 Å². The molecule has 0 radical (unpaired) electrons. The standard InChI is InChI=1S/C27H31F3N6O5S/c1-18-8-9-23-24(14-18)41-13-5-11-35-16-21(33-34-35)17-36(12-4-10-31-25(37)19(2)32-26(23)38)42(39,40)22-7-3-6-20(15-22)27(28,29)30/h3,6-9,14-16,19H,4-5,10-13,17H2,1-2H3,(H,31,37)(H,32,38)/t19-/m1/s1. The van der Waals surface area contributed by atoms with Crippen molar-refractivity contribution in [3.05, 3.63) is 71.0 Å². The monoisotopic (exact) mass is 608 g/mol. The van der Waals surface area contributed by atoms with Gasteiger partial charge < -0.3 is 15.4 Å². The lowest BCUT2D eigenvalue weighted by Crippen LogP contribution is -2.45. The molecule has 0 saturated carbocycles. The van der Waals surface area contributed by atoms with Crippen LogP contribution in [0.1, 0.15) is 46.9 Å². The van der Waals surface area contributed by atoms with Crippen LogP contribution in [0.3, 0.4) is 0 Å². The van der Waals surface area contributed by atoms with Gasteiger partial charge in [-0.3, -0.25) is 14.3 Å². The van der Waals surface area contributed by atoms with Gasteiger partial charge in [-0.1, -0.05) is 17.3 Å². The Labute approximate surface area is 241 Å². The Morgan fingerprint density at radius 2 is 1.86 bits per heavy atom. The Morgan fingerprint density at radius 1 is 1.07 bits per heavy atom. The second kappa shape index (κ2) is 12.9. The van der Waals surface area contributed by atoms with Crippen molar-refractivity contribution in [2.45, 2.75) is 56.9 Å². The van der Waals surface area contributed by atoms with Gasteiger partial charge in [-0.15, -0.1) is 5.10 Å². The predicted molar refractivity (Wildman–Crippen MR) is 145 cm³/mol. The molecule has 0 saturated heterocycles. The van der Waals surface area contributed by atoms with E-state index in [-0.39, 0.29) is 43.9 Å². The molecule has 2 aromatic carbocycles. The number of halogens is 3. The van der Waals surface area contributed by atoms with Crippen molar-refractivity contribution in [2.24, 2.45) is 0 Å². The fourth-order valence-corrected chi connectivity index (χ4v) is 5.77. The van der Waals surface area contributed by atoms with E-state index in [2.05, 4.69) is 20.9 Å². The number of alkyl halides is 3. The molecule has 4 rings (SSSR count). The molecule has 0 aliphatic carbocycles. The molecule has 2 N–H and O–H groups in total. The zero-order valence-corrected chi connectivity index (χ0v) is 23.8. The van der Waals surface area contributed by atoms with E-state index in [1.165, 1.54) is 11.6 Å². The van der Waals surface area contributed by atoms with Gasteiger partial charge in [0.05, 0.1) is 34.9 Å². The van der Waals surface area contributed by atoms with Crippen LogP contribution in [0.4, 0.5) is 13.2 Å². The number of aromatic nitrogens is 3. The topological polar surface area (TPSA) is 136 Å². The average Bonchev–Trinajstić information content (AvgIpc) is 3.38. The number of amides is 2. The molecule has 2 bridgehead atoms. The first-order valence-electron chi connectivity index (χ1n) is 13.2. The fourth-order valence-electron chi connectivity index (χ4n) is 4.27. The van der Waals surface area contributed by atoms with Crippen LogP contribution in [0.5, 0.6) is 5.75 Å². The molecular formula is C27H31F3N6O5S. The van der Waals surface area contributed by atoms with Crippen molar-refractivity contribution in [3.63, 3.8) is 0 Å². The molecule has 2 heterocycles. The SMILES string of the molecule is Cc1ccc2c(c1)OCCCn1cc(nn1)CN(S(=O)(=O)c1cccc(C(F)(F)F)c1)CCCNC(=O)[C@@H](C)NC2=O. The van der Waals surface area contributed by atoms with Crippen LogP contribution in [0.2, 0.25) is 0 Å². The summed E-state index contributed by atoms with van der Waals surface area (Å²) in [5.74, 6) is -0.622. The highest BCUT2D eigenvalue weighted by Gasteiger charge is 2.33. The maximum atomic E-state index is 13.5. The molecule has 0 spiro atoms. The smallest absolute Gasteiger partial charge is 0.416 e. The van der Waals surface area contributed by atoms with Crippen molar-refractivity contribution in [1.82, 2.24) is 29.9 Å². The van der Waals surface area contributed by atoms with Gasteiger partial charge in [-0.2, -0.15) is 17.5 Å². The van der Waals surface area contributed by atoms with Crippen molar-refractivity contribution >= 4 is 21.8 Å². The number of hydrogen-bond donors (Lipinski definition) is 2. The Morgan fingerprint density at radius 3 is 2.62 bits per heavy atom. The molecule has 1 aliphatic rings. The summed E-state index contributed by atoms with van der Waals surface area (Å²) >= 11 is 0. The molecule has 3 aromatic rings. The minimum Gasteiger partial charge on any atom is -0.493 e. The highest BCUT2D eigenvalue weighted by Crippen LogP contribution is 2.31.